The zero-order valence-electron chi connectivity index (χ0n) is 21.3. The number of methoxy groups -OCH3 is 2. The monoisotopic (exact) mass is 518 g/mol. The van der Waals surface area contributed by atoms with Gasteiger partial charge in [0.25, 0.3) is 0 Å². The summed E-state index contributed by atoms with van der Waals surface area (Å²) < 4.78 is 22.1. The van der Waals surface area contributed by atoms with Gasteiger partial charge in [0.05, 0.1) is 36.0 Å². The molecule has 2 rings (SSSR count). The van der Waals surface area contributed by atoms with Crippen LogP contribution >= 0.6 is 0 Å². The predicted molar refractivity (Wildman–Crippen MR) is 139 cm³/mol. The number of ketones is 1. The molecule has 0 bridgehead atoms. The topological polar surface area (TPSA) is 107 Å². The minimum Gasteiger partial charge on any atom is -0.469 e. The van der Waals surface area contributed by atoms with E-state index >= 15 is 0 Å². The highest BCUT2D eigenvalue weighted by Gasteiger charge is 2.32. The first-order valence-corrected chi connectivity index (χ1v) is 14.0. The van der Waals surface area contributed by atoms with Gasteiger partial charge < -0.3 is 14.6 Å². The van der Waals surface area contributed by atoms with Gasteiger partial charge in [-0.1, -0.05) is 49.3 Å². The van der Waals surface area contributed by atoms with E-state index in [0.29, 0.717) is 43.4 Å². The summed E-state index contributed by atoms with van der Waals surface area (Å²) in [5.41, 5.74) is 0.444. The molecule has 2 aliphatic rings. The number of unbranched alkanes of at least 4 members (excludes halogenated alkanes) is 3. The average molecular weight is 519 g/mol. The van der Waals surface area contributed by atoms with Crippen LogP contribution in [-0.4, -0.2) is 53.1 Å². The minimum absolute atomic E-state index is 0.239. The van der Waals surface area contributed by atoms with Gasteiger partial charge in [-0.05, 0) is 44.1 Å². The molecular formula is C28H38O7S. The van der Waals surface area contributed by atoms with Gasteiger partial charge in [0.15, 0.2) is 5.78 Å². The van der Waals surface area contributed by atoms with E-state index in [-0.39, 0.29) is 35.0 Å². The van der Waals surface area contributed by atoms with Crippen LogP contribution in [0.1, 0.15) is 70.6 Å². The second-order valence-electron chi connectivity index (χ2n) is 9.09. The lowest BCUT2D eigenvalue weighted by Crippen LogP contribution is -2.15. The quantitative estimate of drug-likeness (QED) is 0.129. The third-order valence-electron chi connectivity index (χ3n) is 6.50. The SMILES string of the molecule is COC(=O)CCCC#C/C=C1\C(=O)C(S(=O)CCCCCC(=O)OC)=CC1/C=C/C(O)C1CCCC1. The molecule has 7 nitrogen and oxygen atoms in total. The number of aliphatic hydroxyl groups excluding tert-OH is 1. The Morgan fingerprint density at radius 3 is 2.44 bits per heavy atom. The number of ether oxygens (including phenoxy) is 2. The van der Waals surface area contributed by atoms with E-state index in [2.05, 4.69) is 21.3 Å². The van der Waals surface area contributed by atoms with Gasteiger partial charge >= 0.3 is 11.9 Å². The molecule has 36 heavy (non-hydrogen) atoms. The molecule has 0 radical (unpaired) electrons. The second-order valence-corrected chi connectivity index (χ2v) is 10.6. The number of Topliss-reactive ketones (excluding diaryl/α,β-unsaturated/α-hetero) is 1. The fourth-order valence-electron chi connectivity index (χ4n) is 4.33. The van der Waals surface area contributed by atoms with E-state index in [1.807, 2.05) is 6.08 Å². The Labute approximate surface area is 216 Å². The van der Waals surface area contributed by atoms with Crippen molar-refractivity contribution in [1.29, 1.82) is 0 Å². The molecule has 0 saturated heterocycles. The molecule has 2 aliphatic carbocycles. The molecule has 0 aromatic carbocycles. The first-order chi connectivity index (χ1) is 17.4. The molecule has 0 aliphatic heterocycles. The number of esters is 2. The van der Waals surface area contributed by atoms with Crippen LogP contribution in [0.4, 0.5) is 0 Å². The number of carbonyl (C=O) groups is 3. The van der Waals surface area contributed by atoms with E-state index < -0.39 is 22.8 Å². The highest BCUT2D eigenvalue weighted by Crippen LogP contribution is 2.32. The second kappa shape index (κ2) is 16.3. The van der Waals surface area contributed by atoms with Crippen molar-refractivity contribution in [1.82, 2.24) is 0 Å². The molecule has 198 valence electrons. The molecule has 3 atom stereocenters. The average Bonchev–Trinajstić information content (AvgIpc) is 3.52. The third-order valence-corrected chi connectivity index (χ3v) is 7.97. The molecule has 0 amide bonds. The van der Waals surface area contributed by atoms with Crippen molar-refractivity contribution < 1.29 is 33.2 Å². The molecule has 0 aromatic heterocycles. The van der Waals surface area contributed by atoms with Crippen molar-refractivity contribution in [3.63, 3.8) is 0 Å². The smallest absolute Gasteiger partial charge is 0.305 e. The summed E-state index contributed by atoms with van der Waals surface area (Å²) in [6, 6.07) is 0. The maximum absolute atomic E-state index is 13.1. The molecule has 0 heterocycles. The fraction of sp³-hybridized carbons (Fsp3) is 0.607. The Morgan fingerprint density at radius 2 is 1.78 bits per heavy atom. The van der Waals surface area contributed by atoms with Gasteiger partial charge in [-0.25, -0.2) is 0 Å². The Kier molecular flexibility index (Phi) is 13.4. The zero-order chi connectivity index (χ0) is 26.3. The first-order valence-electron chi connectivity index (χ1n) is 12.7. The molecular weight excluding hydrogens is 480 g/mol. The summed E-state index contributed by atoms with van der Waals surface area (Å²) in [6.07, 6.45) is 14.2. The minimum atomic E-state index is -1.46. The van der Waals surface area contributed by atoms with Gasteiger partial charge in [-0.3, -0.25) is 18.6 Å². The molecule has 3 unspecified atom stereocenters. The van der Waals surface area contributed by atoms with Gasteiger partial charge in [0.2, 0.25) is 0 Å². The summed E-state index contributed by atoms with van der Waals surface area (Å²) >= 11 is 0. The highest BCUT2D eigenvalue weighted by atomic mass is 32.2. The van der Waals surface area contributed by atoms with Crippen molar-refractivity contribution in [2.75, 3.05) is 20.0 Å². The van der Waals surface area contributed by atoms with E-state index in [0.717, 1.165) is 32.1 Å². The number of rotatable bonds is 13. The van der Waals surface area contributed by atoms with E-state index in [4.69, 9.17) is 0 Å². The highest BCUT2D eigenvalue weighted by molar-refractivity contribution is 7.90. The lowest BCUT2D eigenvalue weighted by molar-refractivity contribution is -0.141. The lowest BCUT2D eigenvalue weighted by Gasteiger charge is -2.14. The molecule has 1 saturated carbocycles. The van der Waals surface area contributed by atoms with Crippen LogP contribution in [0.2, 0.25) is 0 Å². The van der Waals surface area contributed by atoms with Crippen LogP contribution in [0.15, 0.2) is 34.8 Å². The number of allylic oxidation sites excluding steroid dienone is 5. The van der Waals surface area contributed by atoms with Crippen LogP contribution in [0.25, 0.3) is 0 Å². The Hall–Kier alpha value is -2.50. The van der Waals surface area contributed by atoms with Gasteiger partial charge in [0, 0.05) is 36.5 Å². The molecule has 8 heteroatoms. The summed E-state index contributed by atoms with van der Waals surface area (Å²) in [5.74, 6) is 5.21. The molecule has 1 fully saturated rings. The summed E-state index contributed by atoms with van der Waals surface area (Å²) in [7, 11) is 1.24. The van der Waals surface area contributed by atoms with Crippen molar-refractivity contribution in [3.8, 4) is 11.8 Å². The Bertz CT molecular complexity index is 945. The van der Waals surface area contributed by atoms with Crippen molar-refractivity contribution in [2.45, 2.75) is 76.7 Å². The number of carbonyl (C=O) groups excluding carboxylic acids is 3. The van der Waals surface area contributed by atoms with Crippen LogP contribution in [-0.2, 0) is 34.7 Å². The maximum atomic E-state index is 13.1. The summed E-state index contributed by atoms with van der Waals surface area (Å²) in [6.45, 7) is 0. The number of hydrogen-bond acceptors (Lipinski definition) is 7. The number of aliphatic hydroxyl groups is 1. The maximum Gasteiger partial charge on any atom is 0.305 e. The van der Waals surface area contributed by atoms with Crippen LogP contribution in [0, 0.1) is 23.7 Å². The summed E-state index contributed by atoms with van der Waals surface area (Å²) in [4.78, 5) is 35.8. The normalized spacial score (nSPS) is 20.8. The largest absolute Gasteiger partial charge is 0.469 e. The Balaban J connectivity index is 2.04. The van der Waals surface area contributed by atoms with Crippen molar-refractivity contribution >= 4 is 28.5 Å². The van der Waals surface area contributed by atoms with Crippen molar-refractivity contribution in [2.24, 2.45) is 11.8 Å². The first kappa shape index (κ1) is 29.7. The molecule has 0 aromatic rings. The standard InChI is InChI=1S/C28H38O7S/c1-34-26(30)15-7-4-3-6-14-23-22(17-18-24(29)21-12-9-10-13-21)20-25(28(23)32)36(33)19-11-5-8-16-27(31)35-2/h14,17-18,20-22,24,29H,4-5,7-13,15-16,19H2,1-2H3/b18-17+,23-14-. The fourth-order valence-corrected chi connectivity index (χ4v) is 5.64. The van der Waals surface area contributed by atoms with Crippen LogP contribution in [0.3, 0.4) is 0 Å². The van der Waals surface area contributed by atoms with Crippen LogP contribution in [0.5, 0.6) is 0 Å². The Morgan fingerprint density at radius 1 is 1.11 bits per heavy atom. The van der Waals surface area contributed by atoms with Crippen LogP contribution < -0.4 is 0 Å². The molecule has 0 spiro atoms. The van der Waals surface area contributed by atoms with E-state index in [1.165, 1.54) is 14.2 Å². The van der Waals surface area contributed by atoms with Gasteiger partial charge in [-0.15, -0.1) is 0 Å². The van der Waals surface area contributed by atoms with E-state index in [9.17, 15) is 23.7 Å². The predicted octanol–water partition coefficient (Wildman–Crippen LogP) is 3.93. The lowest BCUT2D eigenvalue weighted by atomic mass is 9.96. The van der Waals surface area contributed by atoms with E-state index in [1.54, 1.807) is 18.2 Å². The zero-order valence-corrected chi connectivity index (χ0v) is 22.1. The van der Waals surface area contributed by atoms with Gasteiger partial charge in [0.1, 0.15) is 0 Å². The summed E-state index contributed by atoms with van der Waals surface area (Å²) in [5, 5.41) is 10.5. The van der Waals surface area contributed by atoms with Crippen molar-refractivity contribution in [3.05, 3.63) is 34.8 Å². The van der Waals surface area contributed by atoms with Gasteiger partial charge in [-0.2, -0.15) is 0 Å². The number of hydrogen-bond donors (Lipinski definition) is 1. The molecule has 1 N–H and O–H groups in total. The third kappa shape index (κ3) is 9.87.